The zero-order valence-electron chi connectivity index (χ0n) is 20.5. The molecule has 0 fully saturated rings. The Labute approximate surface area is 214 Å². The summed E-state index contributed by atoms with van der Waals surface area (Å²) in [4.78, 5) is 41.3. The van der Waals surface area contributed by atoms with Crippen molar-refractivity contribution in [3.05, 3.63) is 51.2 Å². The quantitative estimate of drug-likeness (QED) is 0.0647. The molecule has 0 aliphatic carbocycles. The van der Waals surface area contributed by atoms with Gasteiger partial charge in [0.15, 0.2) is 5.78 Å². The van der Waals surface area contributed by atoms with E-state index in [4.69, 9.17) is 10.5 Å². The first-order valence-electron chi connectivity index (χ1n) is 12.1. The van der Waals surface area contributed by atoms with E-state index in [1.54, 1.807) is 19.9 Å². The van der Waals surface area contributed by atoms with Gasteiger partial charge >= 0.3 is 5.97 Å². The number of nitro groups is 1. The number of anilines is 1. The van der Waals surface area contributed by atoms with E-state index in [1.807, 2.05) is 0 Å². The van der Waals surface area contributed by atoms with Crippen LogP contribution in [-0.4, -0.2) is 33.6 Å². The van der Waals surface area contributed by atoms with Crippen molar-refractivity contribution in [1.82, 2.24) is 4.98 Å². The van der Waals surface area contributed by atoms with E-state index in [0.717, 1.165) is 24.6 Å². The zero-order chi connectivity index (χ0) is 25.8. The van der Waals surface area contributed by atoms with Crippen molar-refractivity contribution in [3.63, 3.8) is 0 Å². The lowest BCUT2D eigenvalue weighted by atomic mass is 9.89. The SMILES string of the molecule is CCOC(=O)c1c(N)nc(C)c(C(=O)CCCCCCCCCCBr)c1-c1cccc([N+](=O)[O-])c1. The summed E-state index contributed by atoms with van der Waals surface area (Å²) in [6, 6.07) is 5.83. The molecule has 9 heteroatoms. The molecule has 8 nitrogen and oxygen atoms in total. The van der Waals surface area contributed by atoms with E-state index in [9.17, 15) is 19.7 Å². The van der Waals surface area contributed by atoms with Gasteiger partial charge in [-0.25, -0.2) is 9.78 Å². The highest BCUT2D eigenvalue weighted by Crippen LogP contribution is 2.35. The molecule has 2 N–H and O–H groups in total. The summed E-state index contributed by atoms with van der Waals surface area (Å²) in [5, 5.41) is 12.4. The lowest BCUT2D eigenvalue weighted by molar-refractivity contribution is -0.384. The van der Waals surface area contributed by atoms with E-state index >= 15 is 0 Å². The topological polar surface area (TPSA) is 125 Å². The molecule has 0 bridgehead atoms. The molecule has 1 aromatic carbocycles. The molecule has 0 radical (unpaired) electrons. The number of hydrogen-bond donors (Lipinski definition) is 1. The maximum Gasteiger partial charge on any atom is 0.342 e. The second-order valence-corrected chi connectivity index (χ2v) is 9.22. The van der Waals surface area contributed by atoms with Gasteiger partial charge in [0.25, 0.3) is 5.69 Å². The average Bonchev–Trinajstić information content (AvgIpc) is 2.82. The molecule has 2 aromatic rings. The van der Waals surface area contributed by atoms with E-state index in [0.29, 0.717) is 24.1 Å². The molecule has 0 saturated carbocycles. The summed E-state index contributed by atoms with van der Waals surface area (Å²) in [7, 11) is 0. The minimum absolute atomic E-state index is 0.0372. The summed E-state index contributed by atoms with van der Waals surface area (Å²) in [5.74, 6) is -0.953. The highest BCUT2D eigenvalue weighted by Gasteiger charge is 2.28. The van der Waals surface area contributed by atoms with Gasteiger partial charge in [-0.3, -0.25) is 14.9 Å². The van der Waals surface area contributed by atoms with Crippen LogP contribution >= 0.6 is 15.9 Å². The number of nitro benzene ring substituents is 1. The number of ketones is 1. The third kappa shape index (κ3) is 8.13. The Hall–Kier alpha value is -2.81. The second-order valence-electron chi connectivity index (χ2n) is 8.43. The molecule has 0 spiro atoms. The van der Waals surface area contributed by atoms with Crippen LogP contribution < -0.4 is 5.73 Å². The van der Waals surface area contributed by atoms with Crippen LogP contribution in [0.3, 0.4) is 0 Å². The number of hydrogen-bond acceptors (Lipinski definition) is 7. The Kier molecular flexibility index (Phi) is 11.8. The predicted molar refractivity (Wildman–Crippen MR) is 141 cm³/mol. The monoisotopic (exact) mass is 547 g/mol. The summed E-state index contributed by atoms with van der Waals surface area (Å²) in [5.41, 5.74) is 7.15. The van der Waals surface area contributed by atoms with Crippen LogP contribution in [-0.2, 0) is 4.74 Å². The van der Waals surface area contributed by atoms with Crippen molar-refractivity contribution in [2.45, 2.75) is 71.6 Å². The van der Waals surface area contributed by atoms with Gasteiger partial charge < -0.3 is 10.5 Å². The average molecular weight is 548 g/mol. The van der Waals surface area contributed by atoms with Gasteiger partial charge in [0.1, 0.15) is 11.4 Å². The first-order chi connectivity index (χ1) is 16.8. The molecule has 1 aromatic heterocycles. The number of halogens is 1. The fraction of sp³-hybridized carbons (Fsp3) is 0.500. The number of carbonyl (C=O) groups is 2. The van der Waals surface area contributed by atoms with E-state index < -0.39 is 10.9 Å². The standard InChI is InChI=1S/C26H34BrN3O5/c1-3-35-26(32)24-23(19-13-12-14-20(17-19)30(33)34)22(18(2)29-25(24)28)21(31)15-10-8-6-4-5-7-9-11-16-27/h12-14,17H,3-11,15-16H2,1-2H3,(H2,28,29). The molecule has 0 aliphatic heterocycles. The number of Topliss-reactive ketones (excluding diaryl/α,β-unsaturated/α-hetero) is 1. The van der Waals surface area contributed by atoms with E-state index in [-0.39, 0.29) is 40.6 Å². The number of nitrogen functional groups attached to an aromatic ring is 1. The number of non-ortho nitro benzene ring substituents is 1. The van der Waals surface area contributed by atoms with Gasteiger partial charge in [-0.2, -0.15) is 0 Å². The van der Waals surface area contributed by atoms with Crippen LogP contribution in [0.1, 0.15) is 91.1 Å². The number of pyridine rings is 1. The van der Waals surface area contributed by atoms with Crippen LogP contribution in [0.15, 0.2) is 24.3 Å². The number of aromatic nitrogens is 1. The Morgan fingerprint density at radius 3 is 2.29 bits per heavy atom. The van der Waals surface area contributed by atoms with E-state index in [2.05, 4.69) is 20.9 Å². The highest BCUT2D eigenvalue weighted by atomic mass is 79.9. The summed E-state index contributed by atoms with van der Waals surface area (Å²) >= 11 is 3.45. The number of benzene rings is 1. The van der Waals surface area contributed by atoms with Gasteiger partial charge in [0.05, 0.1) is 17.2 Å². The number of aryl methyl sites for hydroxylation is 1. The smallest absolute Gasteiger partial charge is 0.342 e. The number of rotatable bonds is 15. The minimum atomic E-state index is -0.715. The number of esters is 1. The first-order valence-corrected chi connectivity index (χ1v) is 13.2. The van der Waals surface area contributed by atoms with Crippen molar-refractivity contribution in [3.8, 4) is 11.1 Å². The van der Waals surface area contributed by atoms with Crippen LogP contribution in [0.2, 0.25) is 0 Å². The van der Waals surface area contributed by atoms with Crippen LogP contribution in [0.5, 0.6) is 0 Å². The minimum Gasteiger partial charge on any atom is -0.462 e. The molecule has 2 rings (SSSR count). The summed E-state index contributed by atoms with van der Waals surface area (Å²) in [6.45, 7) is 3.43. The van der Waals surface area contributed by atoms with Crippen LogP contribution in [0.25, 0.3) is 11.1 Å². The Bertz CT molecular complexity index is 1040. The van der Waals surface area contributed by atoms with Crippen molar-refractivity contribution in [1.29, 1.82) is 0 Å². The number of carbonyl (C=O) groups excluding carboxylic acids is 2. The number of unbranched alkanes of at least 4 members (excludes halogenated alkanes) is 7. The van der Waals surface area contributed by atoms with Gasteiger partial charge in [-0.05, 0) is 32.3 Å². The number of nitrogens with two attached hydrogens (primary N) is 1. The summed E-state index contributed by atoms with van der Waals surface area (Å²) < 4.78 is 5.18. The molecule has 0 aliphatic rings. The number of ether oxygens (including phenoxy) is 1. The molecule has 0 amide bonds. The molecular weight excluding hydrogens is 514 g/mol. The second kappa shape index (κ2) is 14.6. The lowest BCUT2D eigenvalue weighted by Gasteiger charge is -2.17. The first kappa shape index (κ1) is 28.4. The molecule has 0 atom stereocenters. The largest absolute Gasteiger partial charge is 0.462 e. The van der Waals surface area contributed by atoms with E-state index in [1.165, 1.54) is 43.9 Å². The van der Waals surface area contributed by atoms with Crippen molar-refractivity contribution in [2.24, 2.45) is 0 Å². The summed E-state index contributed by atoms with van der Waals surface area (Å²) in [6.07, 6.45) is 9.00. The number of nitrogens with zero attached hydrogens (tertiary/aromatic N) is 2. The maximum atomic E-state index is 13.4. The predicted octanol–water partition coefficient (Wildman–Crippen LogP) is 6.81. The highest BCUT2D eigenvalue weighted by molar-refractivity contribution is 9.09. The van der Waals surface area contributed by atoms with Crippen molar-refractivity contribution >= 4 is 39.2 Å². The Balaban J connectivity index is 2.31. The van der Waals surface area contributed by atoms with Gasteiger partial charge in [-0.15, -0.1) is 0 Å². The zero-order valence-corrected chi connectivity index (χ0v) is 22.1. The maximum absolute atomic E-state index is 13.4. The normalized spacial score (nSPS) is 10.8. The van der Waals surface area contributed by atoms with Gasteiger partial charge in [-0.1, -0.05) is 66.6 Å². The molecule has 190 valence electrons. The molecular formula is C26H34BrN3O5. The number of alkyl halides is 1. The fourth-order valence-corrected chi connectivity index (χ4v) is 4.50. The van der Waals surface area contributed by atoms with Gasteiger partial charge in [0.2, 0.25) is 0 Å². The third-order valence-electron chi connectivity index (χ3n) is 5.80. The van der Waals surface area contributed by atoms with Crippen molar-refractivity contribution < 1.29 is 19.2 Å². The molecule has 35 heavy (non-hydrogen) atoms. The fourth-order valence-electron chi connectivity index (χ4n) is 4.11. The Morgan fingerprint density at radius 2 is 1.69 bits per heavy atom. The van der Waals surface area contributed by atoms with Crippen LogP contribution in [0, 0.1) is 17.0 Å². The van der Waals surface area contributed by atoms with Crippen molar-refractivity contribution in [2.75, 3.05) is 17.7 Å². The third-order valence-corrected chi connectivity index (χ3v) is 6.36. The lowest BCUT2D eigenvalue weighted by Crippen LogP contribution is -2.17. The molecule has 0 saturated heterocycles. The molecule has 1 heterocycles. The van der Waals surface area contributed by atoms with Crippen LogP contribution in [0.4, 0.5) is 11.5 Å². The van der Waals surface area contributed by atoms with Gasteiger partial charge in [0, 0.05) is 35.0 Å². The molecule has 0 unspecified atom stereocenters. The Morgan fingerprint density at radius 1 is 1.06 bits per heavy atom.